The third-order valence-corrected chi connectivity index (χ3v) is 4.30. The number of nitrogens with one attached hydrogen (secondary N) is 2. The van der Waals surface area contributed by atoms with E-state index >= 15 is 0 Å². The number of anilines is 1. The van der Waals surface area contributed by atoms with Gasteiger partial charge in [-0.15, -0.1) is 0 Å². The van der Waals surface area contributed by atoms with Crippen LogP contribution in [0.3, 0.4) is 0 Å². The fourth-order valence-electron chi connectivity index (χ4n) is 2.48. The molecular formula is C17H11Cl2FN2O3. The quantitative estimate of drug-likeness (QED) is 0.623. The normalized spacial score (nSPS) is 10.8. The zero-order valence-electron chi connectivity index (χ0n) is 12.6. The molecular weight excluding hydrogens is 370 g/mol. The van der Waals surface area contributed by atoms with Crippen molar-refractivity contribution in [3.05, 3.63) is 63.5 Å². The predicted octanol–water partition coefficient (Wildman–Crippen LogP) is 4.49. The highest BCUT2D eigenvalue weighted by Gasteiger charge is 2.17. The van der Waals surface area contributed by atoms with E-state index in [2.05, 4.69) is 10.3 Å². The zero-order chi connectivity index (χ0) is 18.1. The topological polar surface area (TPSA) is 82.2 Å². The Morgan fingerprint density at radius 1 is 1.20 bits per heavy atom. The van der Waals surface area contributed by atoms with Gasteiger partial charge in [0.2, 0.25) is 0 Å². The summed E-state index contributed by atoms with van der Waals surface area (Å²) >= 11 is 12.1. The third kappa shape index (κ3) is 3.45. The van der Waals surface area contributed by atoms with Crippen molar-refractivity contribution in [2.45, 2.75) is 6.42 Å². The highest BCUT2D eigenvalue weighted by Crippen LogP contribution is 2.31. The largest absolute Gasteiger partial charge is 0.481 e. The van der Waals surface area contributed by atoms with E-state index in [4.69, 9.17) is 28.3 Å². The van der Waals surface area contributed by atoms with E-state index in [0.29, 0.717) is 10.9 Å². The molecule has 1 aromatic heterocycles. The second-order valence-corrected chi connectivity index (χ2v) is 6.13. The fraction of sp³-hybridized carbons (Fsp3) is 0.0588. The number of aromatic amines is 1. The van der Waals surface area contributed by atoms with E-state index in [9.17, 15) is 14.0 Å². The number of fused-ring (bicyclic) bond motifs is 1. The van der Waals surface area contributed by atoms with Crippen LogP contribution in [0.4, 0.5) is 10.1 Å². The molecule has 3 aromatic rings. The van der Waals surface area contributed by atoms with Gasteiger partial charge in [0.15, 0.2) is 0 Å². The number of carboxylic acids is 1. The molecule has 0 saturated heterocycles. The standard InChI is InChI=1S/C17H11Cl2FN2O3/c18-11-6-14(12(19)4-8(11)5-15(23)24)22-17(25)10-7-21-16-9(10)2-1-3-13(16)20/h1-4,6-7,21H,5H2,(H,22,25)(H,23,24). The molecule has 1 heterocycles. The summed E-state index contributed by atoms with van der Waals surface area (Å²) in [7, 11) is 0. The summed E-state index contributed by atoms with van der Waals surface area (Å²) in [5.41, 5.74) is 1.05. The lowest BCUT2D eigenvalue weighted by Gasteiger charge is -2.10. The van der Waals surface area contributed by atoms with Crippen molar-refractivity contribution in [1.82, 2.24) is 4.98 Å². The first-order valence-electron chi connectivity index (χ1n) is 7.13. The number of carbonyl (C=O) groups is 2. The molecule has 0 spiro atoms. The van der Waals surface area contributed by atoms with Gasteiger partial charge in [0.25, 0.3) is 5.91 Å². The number of rotatable bonds is 4. The summed E-state index contributed by atoms with van der Waals surface area (Å²) in [6.45, 7) is 0. The summed E-state index contributed by atoms with van der Waals surface area (Å²) in [6.07, 6.45) is 1.12. The first-order valence-corrected chi connectivity index (χ1v) is 7.89. The van der Waals surface area contributed by atoms with Crippen LogP contribution in [0.5, 0.6) is 0 Å². The smallest absolute Gasteiger partial charge is 0.307 e. The molecule has 0 unspecified atom stereocenters. The second kappa shape index (κ2) is 6.74. The van der Waals surface area contributed by atoms with E-state index in [1.54, 1.807) is 6.07 Å². The van der Waals surface area contributed by atoms with Gasteiger partial charge in [-0.05, 0) is 23.8 Å². The monoisotopic (exact) mass is 380 g/mol. The molecule has 0 fully saturated rings. The first kappa shape index (κ1) is 17.3. The lowest BCUT2D eigenvalue weighted by Crippen LogP contribution is -2.12. The van der Waals surface area contributed by atoms with Crippen LogP contribution in [0.25, 0.3) is 10.9 Å². The number of aliphatic carboxylic acids is 1. The van der Waals surface area contributed by atoms with Gasteiger partial charge in [0, 0.05) is 16.6 Å². The van der Waals surface area contributed by atoms with Gasteiger partial charge in [-0.2, -0.15) is 0 Å². The minimum absolute atomic E-state index is 0.153. The average molecular weight is 381 g/mol. The summed E-state index contributed by atoms with van der Waals surface area (Å²) in [5.74, 6) is -2.01. The Labute approximate surface area is 151 Å². The lowest BCUT2D eigenvalue weighted by atomic mass is 10.1. The van der Waals surface area contributed by atoms with Gasteiger partial charge in [0.1, 0.15) is 5.82 Å². The van der Waals surface area contributed by atoms with Crippen molar-refractivity contribution in [3.8, 4) is 0 Å². The molecule has 25 heavy (non-hydrogen) atoms. The molecule has 5 nitrogen and oxygen atoms in total. The van der Waals surface area contributed by atoms with Crippen LogP contribution >= 0.6 is 23.2 Å². The van der Waals surface area contributed by atoms with Crippen LogP contribution in [0, 0.1) is 5.82 Å². The molecule has 0 aliphatic carbocycles. The van der Waals surface area contributed by atoms with Gasteiger partial charge < -0.3 is 15.4 Å². The number of H-pyrrole nitrogens is 1. The van der Waals surface area contributed by atoms with Gasteiger partial charge in [-0.3, -0.25) is 9.59 Å². The van der Waals surface area contributed by atoms with E-state index in [0.717, 1.165) is 0 Å². The van der Waals surface area contributed by atoms with Gasteiger partial charge >= 0.3 is 5.97 Å². The summed E-state index contributed by atoms with van der Waals surface area (Å²) in [6, 6.07) is 7.19. The molecule has 0 aliphatic heterocycles. The molecule has 0 bridgehead atoms. The van der Waals surface area contributed by atoms with E-state index in [1.807, 2.05) is 0 Å². The minimum atomic E-state index is -1.05. The maximum Gasteiger partial charge on any atom is 0.307 e. The summed E-state index contributed by atoms with van der Waals surface area (Å²) in [5, 5.41) is 12.2. The summed E-state index contributed by atoms with van der Waals surface area (Å²) < 4.78 is 13.7. The van der Waals surface area contributed by atoms with Gasteiger partial charge in [-0.25, -0.2) is 4.39 Å². The third-order valence-electron chi connectivity index (χ3n) is 3.64. The number of amides is 1. The number of hydrogen-bond acceptors (Lipinski definition) is 2. The minimum Gasteiger partial charge on any atom is -0.481 e. The maximum atomic E-state index is 13.7. The average Bonchev–Trinajstić information content (AvgIpc) is 2.97. The van der Waals surface area contributed by atoms with Crippen LogP contribution < -0.4 is 5.32 Å². The fourth-order valence-corrected chi connectivity index (χ4v) is 2.94. The lowest BCUT2D eigenvalue weighted by molar-refractivity contribution is -0.136. The Morgan fingerprint density at radius 2 is 1.96 bits per heavy atom. The molecule has 0 radical (unpaired) electrons. The number of hydrogen-bond donors (Lipinski definition) is 3. The van der Waals surface area contributed by atoms with Gasteiger partial charge in [-0.1, -0.05) is 35.3 Å². The Morgan fingerprint density at radius 3 is 2.68 bits per heavy atom. The molecule has 0 saturated carbocycles. The Hall–Kier alpha value is -2.57. The number of para-hydroxylation sites is 1. The zero-order valence-corrected chi connectivity index (χ0v) is 14.1. The molecule has 2 aromatic carbocycles. The molecule has 8 heteroatoms. The van der Waals surface area contributed by atoms with E-state index < -0.39 is 17.7 Å². The second-order valence-electron chi connectivity index (χ2n) is 5.31. The highest BCUT2D eigenvalue weighted by molar-refractivity contribution is 6.36. The van der Waals surface area contributed by atoms with Crippen LogP contribution in [-0.2, 0) is 11.2 Å². The molecule has 3 N–H and O–H groups in total. The number of aromatic nitrogens is 1. The van der Waals surface area contributed by atoms with Crippen LogP contribution in [0.1, 0.15) is 15.9 Å². The Kier molecular flexibility index (Phi) is 4.65. The van der Waals surface area contributed by atoms with Crippen molar-refractivity contribution in [1.29, 1.82) is 0 Å². The van der Waals surface area contributed by atoms with Crippen molar-refractivity contribution in [2.24, 2.45) is 0 Å². The van der Waals surface area contributed by atoms with Crippen molar-refractivity contribution in [2.75, 3.05) is 5.32 Å². The SMILES string of the molecule is O=C(O)Cc1cc(Cl)c(NC(=O)c2c[nH]c3c(F)cccc23)cc1Cl. The van der Waals surface area contributed by atoms with E-state index in [-0.39, 0.29) is 33.2 Å². The van der Waals surface area contributed by atoms with Gasteiger partial charge in [0.05, 0.1) is 28.2 Å². The Balaban J connectivity index is 1.91. The van der Waals surface area contributed by atoms with Crippen LogP contribution in [-0.4, -0.2) is 22.0 Å². The molecule has 128 valence electrons. The number of halogens is 3. The number of carbonyl (C=O) groups excluding carboxylic acids is 1. The van der Waals surface area contributed by atoms with Crippen molar-refractivity contribution >= 4 is 51.7 Å². The molecule has 1 amide bonds. The number of benzene rings is 2. The van der Waals surface area contributed by atoms with Crippen molar-refractivity contribution < 1.29 is 19.1 Å². The molecule has 0 atom stereocenters. The Bertz CT molecular complexity index is 1000. The first-order chi connectivity index (χ1) is 11.9. The van der Waals surface area contributed by atoms with Crippen molar-refractivity contribution in [3.63, 3.8) is 0 Å². The molecule has 0 aliphatic rings. The molecule has 3 rings (SSSR count). The van der Waals surface area contributed by atoms with Crippen LogP contribution in [0.15, 0.2) is 36.5 Å². The van der Waals surface area contributed by atoms with E-state index in [1.165, 1.54) is 30.5 Å². The summed E-state index contributed by atoms with van der Waals surface area (Å²) in [4.78, 5) is 26.0. The predicted molar refractivity (Wildman–Crippen MR) is 94.0 cm³/mol. The maximum absolute atomic E-state index is 13.7. The van der Waals surface area contributed by atoms with Crippen LogP contribution in [0.2, 0.25) is 10.0 Å². The number of carboxylic acid groups (broad SMARTS) is 1. The highest BCUT2D eigenvalue weighted by atomic mass is 35.5.